The summed E-state index contributed by atoms with van der Waals surface area (Å²) < 4.78 is 11.3. The molecule has 1 N–H and O–H groups in total. The van der Waals surface area contributed by atoms with Gasteiger partial charge in [0.15, 0.2) is 0 Å². The van der Waals surface area contributed by atoms with E-state index < -0.39 is 0 Å². The van der Waals surface area contributed by atoms with E-state index in [9.17, 15) is 0 Å². The van der Waals surface area contributed by atoms with E-state index in [1.807, 2.05) is 6.92 Å². The smallest absolute Gasteiger partial charge is 0.118 e. The molecule has 0 unspecified atom stereocenters. The molecule has 1 aliphatic rings. The van der Waals surface area contributed by atoms with Crippen molar-refractivity contribution in [3.05, 3.63) is 23.2 Å². The van der Waals surface area contributed by atoms with E-state index in [1.165, 1.54) is 5.56 Å². The van der Waals surface area contributed by atoms with Crippen LogP contribution in [0, 0.1) is 6.92 Å². The van der Waals surface area contributed by atoms with E-state index in [-0.39, 0.29) is 0 Å². The zero-order valence-electron chi connectivity index (χ0n) is 12.4. The SMILES string of the molecule is CCNCc1cc(CN(C)C2CCOCC2)oc1C. The van der Waals surface area contributed by atoms with Gasteiger partial charge in [-0.1, -0.05) is 6.92 Å². The van der Waals surface area contributed by atoms with Crippen molar-refractivity contribution in [1.29, 1.82) is 0 Å². The highest BCUT2D eigenvalue weighted by Gasteiger charge is 2.19. The third-order valence-corrected chi connectivity index (χ3v) is 3.86. The standard InChI is InChI=1S/C15H26N2O2/c1-4-16-10-13-9-15(19-12(13)2)11-17(3)14-5-7-18-8-6-14/h9,14,16H,4-8,10-11H2,1-3H3. The number of rotatable bonds is 6. The zero-order chi connectivity index (χ0) is 13.7. The van der Waals surface area contributed by atoms with Crippen LogP contribution in [0.1, 0.15) is 36.8 Å². The normalized spacial score (nSPS) is 17.3. The molecule has 0 radical (unpaired) electrons. The molecule has 1 aromatic heterocycles. The van der Waals surface area contributed by atoms with Crippen LogP contribution in [0.15, 0.2) is 10.5 Å². The monoisotopic (exact) mass is 266 g/mol. The quantitative estimate of drug-likeness (QED) is 0.857. The van der Waals surface area contributed by atoms with Crippen molar-refractivity contribution in [2.75, 3.05) is 26.8 Å². The Morgan fingerprint density at radius 3 is 2.79 bits per heavy atom. The molecule has 0 aliphatic carbocycles. The van der Waals surface area contributed by atoms with Gasteiger partial charge in [-0.05, 0) is 39.4 Å². The van der Waals surface area contributed by atoms with Gasteiger partial charge in [-0.15, -0.1) is 0 Å². The second kappa shape index (κ2) is 7.08. The summed E-state index contributed by atoms with van der Waals surface area (Å²) in [7, 11) is 2.18. The molecule has 1 saturated heterocycles. The molecule has 0 spiro atoms. The Bertz CT molecular complexity index is 383. The lowest BCUT2D eigenvalue weighted by molar-refractivity contribution is 0.0387. The van der Waals surface area contributed by atoms with Crippen LogP contribution in [0.5, 0.6) is 0 Å². The van der Waals surface area contributed by atoms with Crippen molar-refractivity contribution in [3.63, 3.8) is 0 Å². The molecule has 1 aliphatic heterocycles. The van der Waals surface area contributed by atoms with Gasteiger partial charge in [0.2, 0.25) is 0 Å². The minimum absolute atomic E-state index is 0.622. The molecular formula is C15H26N2O2. The molecule has 0 bridgehead atoms. The molecule has 2 rings (SSSR count). The number of hydrogen-bond donors (Lipinski definition) is 1. The summed E-state index contributed by atoms with van der Waals surface area (Å²) in [5.74, 6) is 2.11. The number of nitrogens with zero attached hydrogens (tertiary/aromatic N) is 1. The van der Waals surface area contributed by atoms with Gasteiger partial charge in [0.25, 0.3) is 0 Å². The second-order valence-electron chi connectivity index (χ2n) is 5.33. The van der Waals surface area contributed by atoms with Crippen molar-refractivity contribution in [1.82, 2.24) is 10.2 Å². The van der Waals surface area contributed by atoms with Gasteiger partial charge in [-0.25, -0.2) is 0 Å². The van der Waals surface area contributed by atoms with Crippen LogP contribution < -0.4 is 5.32 Å². The van der Waals surface area contributed by atoms with Crippen LogP contribution in [0.25, 0.3) is 0 Å². The fraction of sp³-hybridized carbons (Fsp3) is 0.733. The lowest BCUT2D eigenvalue weighted by Gasteiger charge is -2.30. The molecule has 108 valence electrons. The van der Waals surface area contributed by atoms with Crippen LogP contribution in [-0.2, 0) is 17.8 Å². The predicted molar refractivity (Wildman–Crippen MR) is 76.1 cm³/mol. The Morgan fingerprint density at radius 2 is 2.11 bits per heavy atom. The zero-order valence-corrected chi connectivity index (χ0v) is 12.4. The van der Waals surface area contributed by atoms with Crippen LogP contribution in [0.2, 0.25) is 0 Å². The topological polar surface area (TPSA) is 37.6 Å². The second-order valence-corrected chi connectivity index (χ2v) is 5.33. The van der Waals surface area contributed by atoms with Crippen molar-refractivity contribution >= 4 is 0 Å². The van der Waals surface area contributed by atoms with E-state index >= 15 is 0 Å². The molecule has 1 aromatic rings. The summed E-state index contributed by atoms with van der Waals surface area (Å²) in [4.78, 5) is 2.39. The highest BCUT2D eigenvalue weighted by atomic mass is 16.5. The first-order valence-corrected chi connectivity index (χ1v) is 7.27. The Hall–Kier alpha value is -0.840. The molecule has 0 saturated carbocycles. The number of nitrogens with one attached hydrogen (secondary N) is 1. The Labute approximate surface area is 116 Å². The van der Waals surface area contributed by atoms with E-state index in [0.29, 0.717) is 6.04 Å². The lowest BCUT2D eigenvalue weighted by Crippen LogP contribution is -2.36. The van der Waals surface area contributed by atoms with E-state index in [2.05, 4.69) is 30.3 Å². The highest BCUT2D eigenvalue weighted by molar-refractivity contribution is 5.20. The van der Waals surface area contributed by atoms with Gasteiger partial charge in [0.05, 0.1) is 6.54 Å². The third-order valence-electron chi connectivity index (χ3n) is 3.86. The highest BCUT2D eigenvalue weighted by Crippen LogP contribution is 2.19. The van der Waals surface area contributed by atoms with Crippen molar-refractivity contribution in [2.45, 2.75) is 45.8 Å². The maximum Gasteiger partial charge on any atom is 0.118 e. The largest absolute Gasteiger partial charge is 0.465 e. The van der Waals surface area contributed by atoms with Gasteiger partial charge >= 0.3 is 0 Å². The molecule has 0 amide bonds. The Kier molecular flexibility index (Phi) is 5.43. The molecular weight excluding hydrogens is 240 g/mol. The van der Waals surface area contributed by atoms with Crippen LogP contribution in [0.3, 0.4) is 0 Å². The average molecular weight is 266 g/mol. The minimum Gasteiger partial charge on any atom is -0.465 e. The van der Waals surface area contributed by atoms with Gasteiger partial charge in [-0.3, -0.25) is 4.90 Å². The fourth-order valence-electron chi connectivity index (χ4n) is 2.60. The molecule has 19 heavy (non-hydrogen) atoms. The van der Waals surface area contributed by atoms with Gasteiger partial charge in [0, 0.05) is 31.4 Å². The van der Waals surface area contributed by atoms with Crippen LogP contribution >= 0.6 is 0 Å². The van der Waals surface area contributed by atoms with E-state index in [1.54, 1.807) is 0 Å². The average Bonchev–Trinajstić information content (AvgIpc) is 2.77. The maximum atomic E-state index is 5.86. The predicted octanol–water partition coefficient (Wildman–Crippen LogP) is 2.31. The number of hydrogen-bond acceptors (Lipinski definition) is 4. The Morgan fingerprint density at radius 1 is 1.37 bits per heavy atom. The fourth-order valence-corrected chi connectivity index (χ4v) is 2.60. The molecule has 1 fully saturated rings. The first-order valence-electron chi connectivity index (χ1n) is 7.27. The van der Waals surface area contributed by atoms with Crippen LogP contribution in [-0.4, -0.2) is 37.7 Å². The summed E-state index contributed by atoms with van der Waals surface area (Å²) in [5, 5.41) is 3.35. The molecule has 0 aromatic carbocycles. The van der Waals surface area contributed by atoms with Gasteiger partial charge in [0.1, 0.15) is 11.5 Å². The summed E-state index contributed by atoms with van der Waals surface area (Å²) in [6.07, 6.45) is 2.25. The van der Waals surface area contributed by atoms with Crippen molar-refractivity contribution in [3.8, 4) is 0 Å². The lowest BCUT2D eigenvalue weighted by atomic mass is 10.1. The van der Waals surface area contributed by atoms with Crippen molar-refractivity contribution < 1.29 is 9.15 Å². The molecule has 4 heteroatoms. The Balaban J connectivity index is 1.90. The minimum atomic E-state index is 0.622. The van der Waals surface area contributed by atoms with E-state index in [4.69, 9.17) is 9.15 Å². The third kappa shape index (κ3) is 4.06. The number of ether oxygens (including phenoxy) is 1. The summed E-state index contributed by atoms with van der Waals surface area (Å²) in [5.41, 5.74) is 1.28. The first kappa shape index (κ1) is 14.6. The van der Waals surface area contributed by atoms with Gasteiger partial charge in [-0.2, -0.15) is 0 Å². The van der Waals surface area contributed by atoms with E-state index in [0.717, 1.165) is 57.2 Å². The number of aryl methyl sites for hydroxylation is 1. The van der Waals surface area contributed by atoms with Crippen molar-refractivity contribution in [2.24, 2.45) is 0 Å². The van der Waals surface area contributed by atoms with Gasteiger partial charge < -0.3 is 14.5 Å². The summed E-state index contributed by atoms with van der Waals surface area (Å²) >= 11 is 0. The molecule has 4 nitrogen and oxygen atoms in total. The number of furan rings is 1. The molecule has 2 heterocycles. The molecule has 0 atom stereocenters. The van der Waals surface area contributed by atoms with Crippen LogP contribution in [0.4, 0.5) is 0 Å². The maximum absolute atomic E-state index is 5.86. The first-order chi connectivity index (χ1) is 9.20. The summed E-state index contributed by atoms with van der Waals surface area (Å²) in [6.45, 7) is 8.71. The summed E-state index contributed by atoms with van der Waals surface area (Å²) in [6, 6.07) is 2.81.